The number of rotatable bonds is 4. The molecule has 1 rings (SSSR count). The van der Waals surface area contributed by atoms with Crippen LogP contribution in [0, 0.1) is 5.41 Å². The van der Waals surface area contributed by atoms with Crippen LogP contribution in [0.2, 0.25) is 0 Å². The zero-order valence-electron chi connectivity index (χ0n) is 9.41. The van der Waals surface area contributed by atoms with Crippen LogP contribution in [0.1, 0.15) is 25.3 Å². The van der Waals surface area contributed by atoms with E-state index in [0.29, 0.717) is 5.92 Å². The van der Waals surface area contributed by atoms with E-state index in [1.54, 1.807) is 0 Å². The largest absolute Gasteiger partial charge is 0.484 e. The molecule has 0 atom stereocenters. The van der Waals surface area contributed by atoms with Crippen molar-refractivity contribution in [3.63, 3.8) is 0 Å². The van der Waals surface area contributed by atoms with E-state index in [1.165, 1.54) is 7.11 Å². The molecule has 0 radical (unpaired) electrons. The maximum atomic E-state index is 7.32. The van der Waals surface area contributed by atoms with Crippen LogP contribution in [0.5, 0.6) is 5.75 Å². The maximum absolute atomic E-state index is 7.32. The first-order chi connectivity index (χ1) is 7.15. The molecule has 1 aromatic rings. The summed E-state index contributed by atoms with van der Waals surface area (Å²) in [7, 11) is 1.47. The highest BCUT2D eigenvalue weighted by Crippen LogP contribution is 2.25. The van der Waals surface area contributed by atoms with Gasteiger partial charge in [-0.15, -0.1) is 0 Å². The Bertz CT molecular complexity index is 334. The molecule has 0 saturated heterocycles. The van der Waals surface area contributed by atoms with Crippen molar-refractivity contribution in [3.8, 4) is 5.75 Å². The first kappa shape index (κ1) is 11.6. The van der Waals surface area contributed by atoms with E-state index in [-0.39, 0.29) is 12.5 Å². The second-order valence-electron chi connectivity index (χ2n) is 3.61. The molecule has 0 heterocycles. The van der Waals surface area contributed by atoms with Gasteiger partial charge < -0.3 is 9.47 Å². The lowest BCUT2D eigenvalue weighted by Crippen LogP contribution is -2.12. The number of hydrogen-bond acceptors (Lipinski definition) is 3. The summed E-state index contributed by atoms with van der Waals surface area (Å²) >= 11 is 0. The van der Waals surface area contributed by atoms with Crippen LogP contribution in [0.15, 0.2) is 24.3 Å². The molecule has 0 bridgehead atoms. The van der Waals surface area contributed by atoms with E-state index in [2.05, 4.69) is 13.8 Å². The molecule has 0 aliphatic carbocycles. The predicted molar refractivity (Wildman–Crippen MR) is 60.8 cm³/mol. The number of methoxy groups -OCH3 is 1. The SMILES string of the molecule is COC(=N)COc1ccccc1C(C)C. The summed E-state index contributed by atoms with van der Waals surface area (Å²) in [4.78, 5) is 0. The highest BCUT2D eigenvalue weighted by molar-refractivity contribution is 5.74. The van der Waals surface area contributed by atoms with E-state index in [9.17, 15) is 0 Å². The molecule has 0 amide bonds. The fourth-order valence-corrected chi connectivity index (χ4v) is 1.29. The fraction of sp³-hybridized carbons (Fsp3) is 0.417. The molecule has 3 heteroatoms. The second kappa shape index (κ2) is 5.39. The van der Waals surface area contributed by atoms with Crippen molar-refractivity contribution in [1.82, 2.24) is 0 Å². The summed E-state index contributed by atoms with van der Waals surface area (Å²) in [5.74, 6) is 1.38. The average Bonchev–Trinajstić information content (AvgIpc) is 2.26. The van der Waals surface area contributed by atoms with Gasteiger partial charge in [0, 0.05) is 0 Å². The molecule has 0 fully saturated rings. The Labute approximate surface area is 90.5 Å². The van der Waals surface area contributed by atoms with Crippen molar-refractivity contribution in [2.45, 2.75) is 19.8 Å². The lowest BCUT2D eigenvalue weighted by molar-refractivity contribution is 0.307. The van der Waals surface area contributed by atoms with Crippen molar-refractivity contribution in [3.05, 3.63) is 29.8 Å². The molecular weight excluding hydrogens is 190 g/mol. The molecule has 0 saturated carbocycles. The summed E-state index contributed by atoms with van der Waals surface area (Å²) in [6.45, 7) is 4.41. The standard InChI is InChI=1S/C12H17NO2/c1-9(2)10-6-4-5-7-11(10)15-8-12(13)14-3/h4-7,9,13H,8H2,1-3H3. The highest BCUT2D eigenvalue weighted by atomic mass is 16.5. The van der Waals surface area contributed by atoms with E-state index < -0.39 is 0 Å². The summed E-state index contributed by atoms with van der Waals surface area (Å²) in [6.07, 6.45) is 0. The summed E-state index contributed by atoms with van der Waals surface area (Å²) in [6, 6.07) is 7.87. The Morgan fingerprint density at radius 1 is 1.33 bits per heavy atom. The minimum absolute atomic E-state index is 0.133. The third-order valence-electron chi connectivity index (χ3n) is 2.15. The van der Waals surface area contributed by atoms with Gasteiger partial charge in [0.2, 0.25) is 5.90 Å². The normalized spacial score (nSPS) is 10.1. The molecule has 3 nitrogen and oxygen atoms in total. The van der Waals surface area contributed by atoms with Crippen LogP contribution in [-0.4, -0.2) is 19.6 Å². The lowest BCUT2D eigenvalue weighted by Gasteiger charge is -2.13. The van der Waals surface area contributed by atoms with Crippen LogP contribution in [-0.2, 0) is 4.74 Å². The van der Waals surface area contributed by atoms with Crippen LogP contribution in [0.3, 0.4) is 0 Å². The van der Waals surface area contributed by atoms with E-state index in [0.717, 1.165) is 11.3 Å². The molecule has 0 spiro atoms. The van der Waals surface area contributed by atoms with Crippen LogP contribution < -0.4 is 4.74 Å². The van der Waals surface area contributed by atoms with E-state index in [1.807, 2.05) is 24.3 Å². The molecule has 0 aliphatic rings. The van der Waals surface area contributed by atoms with Crippen molar-refractivity contribution in [2.24, 2.45) is 0 Å². The quantitative estimate of drug-likeness (QED) is 0.609. The van der Waals surface area contributed by atoms with E-state index in [4.69, 9.17) is 14.9 Å². The van der Waals surface area contributed by atoms with E-state index >= 15 is 0 Å². The Morgan fingerprint density at radius 2 is 2.00 bits per heavy atom. The second-order valence-corrected chi connectivity index (χ2v) is 3.61. The number of ether oxygens (including phenoxy) is 2. The van der Waals surface area contributed by atoms with Gasteiger partial charge in [-0.3, -0.25) is 5.41 Å². The van der Waals surface area contributed by atoms with Crippen LogP contribution in [0.4, 0.5) is 0 Å². The minimum Gasteiger partial charge on any atom is -0.484 e. The van der Waals surface area contributed by atoms with Gasteiger partial charge in [-0.25, -0.2) is 0 Å². The van der Waals surface area contributed by atoms with Gasteiger partial charge in [0.05, 0.1) is 7.11 Å². The summed E-state index contributed by atoms with van der Waals surface area (Å²) in [5, 5.41) is 7.32. The predicted octanol–water partition coefficient (Wildman–Crippen LogP) is 2.81. The molecule has 82 valence electrons. The third-order valence-corrected chi connectivity index (χ3v) is 2.15. The van der Waals surface area contributed by atoms with Crippen LogP contribution >= 0.6 is 0 Å². The Hall–Kier alpha value is -1.51. The van der Waals surface area contributed by atoms with Gasteiger partial charge in [0.1, 0.15) is 5.75 Å². The smallest absolute Gasteiger partial charge is 0.219 e. The maximum Gasteiger partial charge on any atom is 0.219 e. The minimum atomic E-state index is 0.133. The molecule has 15 heavy (non-hydrogen) atoms. The van der Waals surface area contributed by atoms with Gasteiger partial charge in [-0.2, -0.15) is 0 Å². The first-order valence-corrected chi connectivity index (χ1v) is 4.98. The zero-order chi connectivity index (χ0) is 11.3. The first-order valence-electron chi connectivity index (χ1n) is 4.98. The molecule has 0 aliphatic heterocycles. The number of hydrogen-bond donors (Lipinski definition) is 1. The average molecular weight is 207 g/mol. The van der Waals surface area contributed by atoms with Crippen molar-refractivity contribution in [1.29, 1.82) is 5.41 Å². The summed E-state index contributed by atoms with van der Waals surface area (Å²) in [5.41, 5.74) is 1.15. The van der Waals surface area contributed by atoms with Crippen molar-refractivity contribution in [2.75, 3.05) is 13.7 Å². The highest BCUT2D eigenvalue weighted by Gasteiger charge is 2.07. The van der Waals surface area contributed by atoms with Gasteiger partial charge in [-0.1, -0.05) is 32.0 Å². The summed E-state index contributed by atoms with van der Waals surface area (Å²) < 4.78 is 10.2. The number of nitrogens with one attached hydrogen (secondary N) is 1. The molecule has 0 aromatic heterocycles. The molecule has 1 N–H and O–H groups in total. The Morgan fingerprint density at radius 3 is 2.60 bits per heavy atom. The lowest BCUT2D eigenvalue weighted by atomic mass is 10.0. The van der Waals surface area contributed by atoms with Crippen molar-refractivity contribution >= 4 is 5.90 Å². The van der Waals surface area contributed by atoms with Gasteiger partial charge in [0.25, 0.3) is 0 Å². The Kier molecular flexibility index (Phi) is 4.16. The van der Waals surface area contributed by atoms with Gasteiger partial charge in [-0.05, 0) is 17.5 Å². The Balaban J connectivity index is 2.71. The topological polar surface area (TPSA) is 42.3 Å². The zero-order valence-corrected chi connectivity index (χ0v) is 9.41. The molecule has 0 unspecified atom stereocenters. The fourth-order valence-electron chi connectivity index (χ4n) is 1.29. The molecular formula is C12H17NO2. The number of benzene rings is 1. The van der Waals surface area contributed by atoms with Gasteiger partial charge in [0.15, 0.2) is 6.61 Å². The van der Waals surface area contributed by atoms with Crippen molar-refractivity contribution < 1.29 is 9.47 Å². The van der Waals surface area contributed by atoms with Gasteiger partial charge >= 0.3 is 0 Å². The van der Waals surface area contributed by atoms with Crippen LogP contribution in [0.25, 0.3) is 0 Å². The molecule has 1 aromatic carbocycles. The third kappa shape index (κ3) is 3.27. The number of para-hydroxylation sites is 1. The monoisotopic (exact) mass is 207 g/mol.